The fraction of sp³-hybridized carbons (Fsp3) is 0.852. The lowest BCUT2D eigenvalue weighted by molar-refractivity contribution is -0.133. The summed E-state index contributed by atoms with van der Waals surface area (Å²) in [5.74, 6) is 0.911. The quantitative estimate of drug-likeness (QED) is 0.420. The average Bonchev–Trinajstić information content (AvgIpc) is 3.60. The Kier molecular flexibility index (Phi) is 6.46. The lowest BCUT2D eigenvalue weighted by Gasteiger charge is -2.43. The number of epoxide rings is 2. The van der Waals surface area contributed by atoms with Crippen LogP contribution in [0.25, 0.3) is 0 Å². The Labute approximate surface area is 209 Å². The van der Waals surface area contributed by atoms with Crippen molar-refractivity contribution in [2.75, 3.05) is 39.9 Å². The first-order valence-electron chi connectivity index (χ1n) is 13.3. The van der Waals surface area contributed by atoms with Crippen molar-refractivity contribution in [3.63, 3.8) is 0 Å². The minimum Gasteiger partial charge on any atom is -0.443 e. The number of carbonyl (C=O) groups is 2. The first-order chi connectivity index (χ1) is 16.6. The zero-order valence-electron chi connectivity index (χ0n) is 22.1. The molecule has 1 spiro atoms. The molecule has 2 amide bonds. The van der Waals surface area contributed by atoms with Crippen molar-refractivity contribution in [1.29, 1.82) is 0 Å². The van der Waals surface area contributed by atoms with Crippen molar-refractivity contribution in [1.82, 2.24) is 9.80 Å². The molecule has 0 radical (unpaired) electrons. The molecule has 35 heavy (non-hydrogen) atoms. The monoisotopic (exact) mass is 490 g/mol. The summed E-state index contributed by atoms with van der Waals surface area (Å²) in [6, 6.07) is 0. The Bertz CT molecular complexity index is 867. The van der Waals surface area contributed by atoms with Gasteiger partial charge in [-0.15, -0.1) is 0 Å². The van der Waals surface area contributed by atoms with Crippen LogP contribution in [-0.2, 0) is 23.7 Å². The van der Waals surface area contributed by atoms with Gasteiger partial charge in [-0.3, -0.25) is 4.79 Å². The largest absolute Gasteiger partial charge is 0.443 e. The van der Waals surface area contributed by atoms with Crippen LogP contribution in [0.5, 0.6) is 0 Å². The number of amides is 2. The third-order valence-electron chi connectivity index (χ3n) is 9.04. The minimum atomic E-state index is -0.342. The van der Waals surface area contributed by atoms with Crippen molar-refractivity contribution >= 4 is 12.0 Å². The van der Waals surface area contributed by atoms with E-state index in [1.807, 2.05) is 23.6 Å². The fourth-order valence-corrected chi connectivity index (χ4v) is 6.96. The number of rotatable bonds is 6. The van der Waals surface area contributed by atoms with Gasteiger partial charge in [0.05, 0.1) is 18.6 Å². The van der Waals surface area contributed by atoms with Gasteiger partial charge in [0.1, 0.15) is 23.4 Å². The lowest BCUT2D eigenvalue weighted by atomic mass is 9.68. The van der Waals surface area contributed by atoms with Crippen LogP contribution in [0.2, 0.25) is 0 Å². The van der Waals surface area contributed by atoms with E-state index >= 15 is 0 Å². The van der Waals surface area contributed by atoms with Crippen LogP contribution in [-0.4, -0.2) is 91.2 Å². The molecule has 0 unspecified atom stereocenters. The molecule has 196 valence electrons. The maximum Gasteiger partial charge on any atom is 0.410 e. The molecule has 0 aromatic heterocycles. The molecule has 8 heteroatoms. The molecule has 1 aliphatic carbocycles. The van der Waals surface area contributed by atoms with Crippen molar-refractivity contribution in [3.8, 4) is 0 Å². The SMILES string of the molecule is CO[C@@H]1[C@H](OC(=O)N2C[C@@H]3CN(C(=O)C(C)C)C[C@@H]3C2)CC[C@]2(CO2)[C@H]1[C@@]1(C)O[C@@H]1CC=C(C)C. The summed E-state index contributed by atoms with van der Waals surface area (Å²) in [6.45, 7) is 13.7. The standard InChI is InChI=1S/C27H42N2O6/c1-16(2)7-8-21-26(5,35-21)23-22(32-6)20(9-10-27(23)15-33-27)34-25(31)29-13-18-11-28(12-19(18)14-29)24(30)17(3)4/h7,17-23H,8-15H2,1-6H3/t18-,19+,20-,21-,22-,23-,26+,27+/m1/s1. The Morgan fingerprint density at radius 1 is 1.11 bits per heavy atom. The first kappa shape index (κ1) is 25.0. The van der Waals surface area contributed by atoms with Crippen LogP contribution in [0.4, 0.5) is 4.79 Å². The molecule has 8 atom stereocenters. The van der Waals surface area contributed by atoms with E-state index in [-0.39, 0.29) is 53.4 Å². The fourth-order valence-electron chi connectivity index (χ4n) is 6.96. The number of likely N-dealkylation sites (tertiary alicyclic amines) is 2. The number of allylic oxidation sites excluding steroid dienone is 1. The number of methoxy groups -OCH3 is 1. The smallest absolute Gasteiger partial charge is 0.410 e. The van der Waals surface area contributed by atoms with Gasteiger partial charge in [-0.2, -0.15) is 0 Å². The highest BCUT2D eigenvalue weighted by molar-refractivity contribution is 5.78. The van der Waals surface area contributed by atoms with E-state index in [0.717, 1.165) is 32.4 Å². The molecular formula is C27H42N2O6. The molecule has 5 aliphatic rings. The maximum atomic E-state index is 13.2. The summed E-state index contributed by atoms with van der Waals surface area (Å²) < 4.78 is 24.4. The molecule has 4 saturated heterocycles. The predicted octanol–water partition coefficient (Wildman–Crippen LogP) is 3.25. The number of hydrogen-bond donors (Lipinski definition) is 0. The summed E-state index contributed by atoms with van der Waals surface area (Å²) >= 11 is 0. The number of carbonyl (C=O) groups excluding carboxylic acids is 2. The number of hydrogen-bond acceptors (Lipinski definition) is 6. The Morgan fingerprint density at radius 2 is 1.74 bits per heavy atom. The van der Waals surface area contributed by atoms with E-state index in [1.165, 1.54) is 5.57 Å². The maximum absolute atomic E-state index is 13.2. The van der Waals surface area contributed by atoms with E-state index in [1.54, 1.807) is 7.11 Å². The molecule has 0 N–H and O–H groups in total. The van der Waals surface area contributed by atoms with E-state index in [2.05, 4.69) is 26.8 Å². The summed E-state index contributed by atoms with van der Waals surface area (Å²) in [7, 11) is 1.71. The molecule has 4 heterocycles. The van der Waals surface area contributed by atoms with Crippen LogP contribution in [0.1, 0.15) is 53.9 Å². The third kappa shape index (κ3) is 4.51. The van der Waals surface area contributed by atoms with Gasteiger partial charge < -0.3 is 28.7 Å². The second-order valence-corrected chi connectivity index (χ2v) is 12.1. The van der Waals surface area contributed by atoms with E-state index in [0.29, 0.717) is 31.5 Å². The van der Waals surface area contributed by atoms with Crippen LogP contribution >= 0.6 is 0 Å². The highest BCUT2D eigenvalue weighted by Crippen LogP contribution is 2.59. The Balaban J connectivity index is 1.21. The van der Waals surface area contributed by atoms with Gasteiger partial charge in [-0.25, -0.2) is 4.79 Å². The van der Waals surface area contributed by atoms with E-state index < -0.39 is 0 Å². The molecule has 5 fully saturated rings. The van der Waals surface area contributed by atoms with Gasteiger partial charge in [0.15, 0.2) is 0 Å². The van der Waals surface area contributed by atoms with Crippen LogP contribution < -0.4 is 0 Å². The molecule has 0 aromatic carbocycles. The molecule has 0 aromatic rings. The zero-order chi connectivity index (χ0) is 25.1. The zero-order valence-corrected chi connectivity index (χ0v) is 22.1. The normalized spacial score (nSPS) is 41.8. The molecule has 0 bridgehead atoms. The average molecular weight is 491 g/mol. The lowest BCUT2D eigenvalue weighted by Crippen LogP contribution is -2.56. The minimum absolute atomic E-state index is 0.0118. The summed E-state index contributed by atoms with van der Waals surface area (Å²) in [4.78, 5) is 29.4. The molecule has 1 saturated carbocycles. The van der Waals surface area contributed by atoms with Gasteiger partial charge >= 0.3 is 6.09 Å². The second kappa shape index (κ2) is 9.03. The molecule has 5 rings (SSSR count). The first-order valence-corrected chi connectivity index (χ1v) is 13.3. The summed E-state index contributed by atoms with van der Waals surface area (Å²) in [5.41, 5.74) is 0.714. The van der Waals surface area contributed by atoms with Gasteiger partial charge in [-0.05, 0) is 40.0 Å². The van der Waals surface area contributed by atoms with Crippen molar-refractivity contribution in [2.24, 2.45) is 23.7 Å². The van der Waals surface area contributed by atoms with E-state index in [9.17, 15) is 9.59 Å². The summed E-state index contributed by atoms with van der Waals surface area (Å²) in [5, 5.41) is 0. The van der Waals surface area contributed by atoms with Gasteiger partial charge in [0, 0.05) is 51.0 Å². The third-order valence-corrected chi connectivity index (χ3v) is 9.04. The van der Waals surface area contributed by atoms with Crippen LogP contribution in [0, 0.1) is 23.7 Å². The Hall–Kier alpha value is -1.64. The van der Waals surface area contributed by atoms with Crippen molar-refractivity contribution < 1.29 is 28.5 Å². The van der Waals surface area contributed by atoms with Gasteiger partial charge in [0.25, 0.3) is 0 Å². The van der Waals surface area contributed by atoms with E-state index in [4.69, 9.17) is 18.9 Å². The number of fused-ring (bicyclic) bond motifs is 1. The second-order valence-electron chi connectivity index (χ2n) is 12.1. The van der Waals surface area contributed by atoms with Crippen molar-refractivity contribution in [3.05, 3.63) is 11.6 Å². The summed E-state index contributed by atoms with van der Waals surface area (Å²) in [6.07, 6.45) is 3.95. The highest BCUT2D eigenvalue weighted by Gasteiger charge is 2.72. The number of nitrogens with zero attached hydrogens (tertiary/aromatic N) is 2. The molecule has 8 nitrogen and oxygen atoms in total. The highest BCUT2D eigenvalue weighted by atomic mass is 16.6. The van der Waals surface area contributed by atoms with Gasteiger partial charge in [-0.1, -0.05) is 25.5 Å². The molecular weight excluding hydrogens is 448 g/mol. The van der Waals surface area contributed by atoms with Gasteiger partial charge in [0.2, 0.25) is 5.91 Å². The van der Waals surface area contributed by atoms with Crippen LogP contribution in [0.3, 0.4) is 0 Å². The molecule has 4 aliphatic heterocycles. The topological polar surface area (TPSA) is 84.1 Å². The number of ether oxygens (including phenoxy) is 4. The Morgan fingerprint density at radius 3 is 2.29 bits per heavy atom. The van der Waals surface area contributed by atoms with Crippen LogP contribution in [0.15, 0.2) is 11.6 Å². The van der Waals surface area contributed by atoms with Crippen molar-refractivity contribution in [2.45, 2.75) is 83.4 Å². The predicted molar refractivity (Wildman–Crippen MR) is 130 cm³/mol.